The van der Waals surface area contributed by atoms with Crippen molar-refractivity contribution in [2.24, 2.45) is 0 Å². The summed E-state index contributed by atoms with van der Waals surface area (Å²) in [6, 6.07) is 10.8. The van der Waals surface area contributed by atoms with Crippen LogP contribution in [0.4, 0.5) is 16.4 Å². The van der Waals surface area contributed by atoms with Crippen LogP contribution in [-0.4, -0.2) is 77.5 Å². The van der Waals surface area contributed by atoms with Crippen molar-refractivity contribution in [1.82, 2.24) is 14.9 Å². The second-order valence-corrected chi connectivity index (χ2v) is 11.0. The molecule has 4 rings (SSSR count). The third-order valence-corrected chi connectivity index (χ3v) is 7.30. The molecule has 2 saturated heterocycles. The number of amides is 1. The molecule has 37 heavy (non-hydrogen) atoms. The number of piperidine rings is 1. The SMILES string of the molecule is CC[C@@H]1C[C@H](N(CC)c2ncc(N3CCOCC3)cn2)C[C@H](Cc2ccccc2)N1C(=O)OC(C)(C)C. The molecular weight excluding hydrogens is 466 g/mol. The molecule has 8 nitrogen and oxygen atoms in total. The number of ether oxygens (including phenoxy) is 2. The molecule has 0 bridgehead atoms. The summed E-state index contributed by atoms with van der Waals surface area (Å²) < 4.78 is 11.4. The van der Waals surface area contributed by atoms with E-state index in [0.29, 0.717) is 0 Å². The molecule has 0 saturated carbocycles. The van der Waals surface area contributed by atoms with E-state index in [1.165, 1.54) is 5.56 Å². The van der Waals surface area contributed by atoms with Gasteiger partial charge in [0.25, 0.3) is 0 Å². The lowest BCUT2D eigenvalue weighted by atomic mass is 9.86. The van der Waals surface area contributed by atoms with Crippen molar-refractivity contribution < 1.29 is 14.3 Å². The Morgan fingerprint density at radius 3 is 2.30 bits per heavy atom. The van der Waals surface area contributed by atoms with Gasteiger partial charge in [0.15, 0.2) is 0 Å². The smallest absolute Gasteiger partial charge is 0.410 e. The fraction of sp³-hybridized carbons (Fsp3) is 0.621. The van der Waals surface area contributed by atoms with Crippen molar-refractivity contribution >= 4 is 17.7 Å². The lowest BCUT2D eigenvalue weighted by Gasteiger charge is -2.48. The zero-order valence-electron chi connectivity index (χ0n) is 23.1. The van der Waals surface area contributed by atoms with E-state index in [1.807, 2.05) is 44.1 Å². The average molecular weight is 510 g/mol. The number of morpholine rings is 1. The van der Waals surface area contributed by atoms with Gasteiger partial charge in [0.1, 0.15) is 5.60 Å². The molecule has 0 aliphatic carbocycles. The predicted octanol–water partition coefficient (Wildman–Crippen LogP) is 4.93. The van der Waals surface area contributed by atoms with Crippen molar-refractivity contribution in [1.29, 1.82) is 0 Å². The highest BCUT2D eigenvalue weighted by Gasteiger charge is 2.41. The highest BCUT2D eigenvalue weighted by atomic mass is 16.6. The Kier molecular flexibility index (Phi) is 8.90. The Balaban J connectivity index is 1.57. The Bertz CT molecular complexity index is 989. The topological polar surface area (TPSA) is 71.0 Å². The Morgan fingerprint density at radius 2 is 1.70 bits per heavy atom. The number of benzene rings is 1. The van der Waals surface area contributed by atoms with E-state index in [4.69, 9.17) is 19.4 Å². The maximum Gasteiger partial charge on any atom is 0.410 e. The van der Waals surface area contributed by atoms with E-state index >= 15 is 0 Å². The number of likely N-dealkylation sites (tertiary alicyclic amines) is 1. The Hall–Kier alpha value is -2.87. The van der Waals surface area contributed by atoms with Crippen LogP contribution < -0.4 is 9.80 Å². The van der Waals surface area contributed by atoms with Gasteiger partial charge >= 0.3 is 6.09 Å². The van der Waals surface area contributed by atoms with E-state index in [0.717, 1.165) is 70.2 Å². The van der Waals surface area contributed by atoms with Crippen LogP contribution in [0.25, 0.3) is 0 Å². The van der Waals surface area contributed by atoms with Gasteiger partial charge in [0.05, 0.1) is 31.3 Å². The highest BCUT2D eigenvalue weighted by Crippen LogP contribution is 2.33. The molecule has 1 aromatic carbocycles. The molecule has 3 atom stereocenters. The van der Waals surface area contributed by atoms with Gasteiger partial charge in [-0.2, -0.15) is 0 Å². The number of hydrogen-bond acceptors (Lipinski definition) is 7. The number of carbonyl (C=O) groups is 1. The first kappa shape index (κ1) is 27.2. The molecule has 0 spiro atoms. The molecule has 2 aliphatic rings. The number of aromatic nitrogens is 2. The number of anilines is 2. The van der Waals surface area contributed by atoms with Crippen molar-refractivity contribution in [3.8, 4) is 0 Å². The summed E-state index contributed by atoms with van der Waals surface area (Å²) in [6.07, 6.45) is 7.02. The zero-order chi connectivity index (χ0) is 26.4. The van der Waals surface area contributed by atoms with Crippen LogP contribution in [0.5, 0.6) is 0 Å². The summed E-state index contributed by atoms with van der Waals surface area (Å²) in [5.41, 5.74) is 1.73. The minimum Gasteiger partial charge on any atom is -0.444 e. The largest absolute Gasteiger partial charge is 0.444 e. The van der Waals surface area contributed by atoms with Gasteiger partial charge in [-0.15, -0.1) is 0 Å². The zero-order valence-corrected chi connectivity index (χ0v) is 23.1. The lowest BCUT2D eigenvalue weighted by molar-refractivity contribution is -0.00885. The third kappa shape index (κ3) is 6.92. The van der Waals surface area contributed by atoms with Gasteiger partial charge in [0, 0.05) is 37.8 Å². The minimum absolute atomic E-state index is 0.0302. The molecule has 2 aromatic rings. The molecule has 3 heterocycles. The van der Waals surface area contributed by atoms with Crippen LogP contribution in [0.1, 0.15) is 59.4 Å². The normalized spacial score (nSPS) is 22.6. The lowest BCUT2D eigenvalue weighted by Crippen LogP contribution is -2.58. The van der Waals surface area contributed by atoms with Crippen molar-refractivity contribution in [3.63, 3.8) is 0 Å². The first-order valence-electron chi connectivity index (χ1n) is 13.8. The summed E-state index contributed by atoms with van der Waals surface area (Å²) in [7, 11) is 0. The quantitative estimate of drug-likeness (QED) is 0.524. The molecule has 8 heteroatoms. The summed E-state index contributed by atoms with van der Waals surface area (Å²) in [4.78, 5) is 29.6. The first-order valence-corrected chi connectivity index (χ1v) is 13.8. The van der Waals surface area contributed by atoms with Crippen LogP contribution in [0.2, 0.25) is 0 Å². The molecule has 1 aromatic heterocycles. The van der Waals surface area contributed by atoms with Gasteiger partial charge in [-0.3, -0.25) is 0 Å². The third-order valence-electron chi connectivity index (χ3n) is 7.30. The number of hydrogen-bond donors (Lipinski definition) is 0. The maximum absolute atomic E-state index is 13.4. The number of carbonyl (C=O) groups excluding carboxylic acids is 1. The van der Waals surface area contributed by atoms with Crippen LogP contribution in [-0.2, 0) is 15.9 Å². The second kappa shape index (κ2) is 12.1. The van der Waals surface area contributed by atoms with E-state index in [1.54, 1.807) is 0 Å². The summed E-state index contributed by atoms with van der Waals surface area (Å²) in [5.74, 6) is 0.753. The predicted molar refractivity (Wildman–Crippen MR) is 147 cm³/mol. The van der Waals surface area contributed by atoms with Crippen LogP contribution in [0, 0.1) is 0 Å². The number of rotatable bonds is 7. The van der Waals surface area contributed by atoms with Crippen LogP contribution in [0.3, 0.4) is 0 Å². The summed E-state index contributed by atoms with van der Waals surface area (Å²) >= 11 is 0. The number of nitrogens with zero attached hydrogens (tertiary/aromatic N) is 5. The molecule has 2 fully saturated rings. The van der Waals surface area contributed by atoms with E-state index in [-0.39, 0.29) is 24.2 Å². The molecule has 1 amide bonds. The maximum atomic E-state index is 13.4. The average Bonchev–Trinajstić information content (AvgIpc) is 2.89. The Labute approximate surface area is 222 Å². The van der Waals surface area contributed by atoms with Gasteiger partial charge < -0.3 is 24.2 Å². The van der Waals surface area contributed by atoms with Gasteiger partial charge in [-0.1, -0.05) is 37.3 Å². The first-order chi connectivity index (χ1) is 17.8. The standard InChI is InChI=1S/C29H43N5O3/c1-6-23-18-24(33(7-2)27-30-20-26(21-31-27)32-13-15-36-16-14-32)19-25(17-22-11-9-8-10-12-22)34(23)28(35)37-29(3,4)5/h8-12,20-21,23-25H,6-7,13-19H2,1-5H3/t23-,24+,25+/m1/s1. The molecule has 202 valence electrons. The molecular formula is C29H43N5O3. The highest BCUT2D eigenvalue weighted by molar-refractivity contribution is 5.69. The molecule has 2 aliphatic heterocycles. The van der Waals surface area contributed by atoms with Crippen molar-refractivity contribution in [2.45, 2.75) is 84.0 Å². The van der Waals surface area contributed by atoms with E-state index < -0.39 is 5.60 Å². The van der Waals surface area contributed by atoms with Gasteiger partial charge in [0.2, 0.25) is 5.95 Å². The monoisotopic (exact) mass is 509 g/mol. The van der Waals surface area contributed by atoms with Gasteiger partial charge in [-0.05, 0) is 58.9 Å². The minimum atomic E-state index is -0.533. The second-order valence-electron chi connectivity index (χ2n) is 11.0. The fourth-order valence-corrected chi connectivity index (χ4v) is 5.56. The van der Waals surface area contributed by atoms with Crippen molar-refractivity contribution in [2.75, 3.05) is 42.6 Å². The van der Waals surface area contributed by atoms with Crippen LogP contribution >= 0.6 is 0 Å². The van der Waals surface area contributed by atoms with Crippen molar-refractivity contribution in [3.05, 3.63) is 48.3 Å². The molecule has 0 N–H and O–H groups in total. The molecule has 0 radical (unpaired) electrons. The summed E-state index contributed by atoms with van der Waals surface area (Å²) in [6.45, 7) is 14.1. The summed E-state index contributed by atoms with van der Waals surface area (Å²) in [5, 5.41) is 0. The Morgan fingerprint density at radius 1 is 1.05 bits per heavy atom. The molecule has 0 unspecified atom stereocenters. The van der Waals surface area contributed by atoms with E-state index in [2.05, 4.69) is 47.9 Å². The van der Waals surface area contributed by atoms with Gasteiger partial charge in [-0.25, -0.2) is 14.8 Å². The van der Waals surface area contributed by atoms with E-state index in [9.17, 15) is 4.79 Å². The fourth-order valence-electron chi connectivity index (χ4n) is 5.56. The van der Waals surface area contributed by atoms with Crippen LogP contribution in [0.15, 0.2) is 42.7 Å².